The number of nitrogens with zero attached hydrogens (tertiary/aromatic N) is 2. The first-order valence-corrected chi connectivity index (χ1v) is 5.45. The second-order valence-electron chi connectivity index (χ2n) is 3.84. The molecule has 5 nitrogen and oxygen atoms in total. The number of rotatable bonds is 2. The van der Waals surface area contributed by atoms with Gasteiger partial charge in [0.25, 0.3) is 0 Å². The van der Waals surface area contributed by atoms with Crippen LogP contribution in [-0.4, -0.2) is 27.2 Å². The summed E-state index contributed by atoms with van der Waals surface area (Å²) < 4.78 is 5.31. The van der Waals surface area contributed by atoms with Gasteiger partial charge in [0.1, 0.15) is 17.7 Å². The number of aromatic amines is 1. The lowest BCUT2D eigenvalue weighted by Gasteiger charge is -2.05. The number of hydrogen-bond acceptors (Lipinski definition) is 4. The molecule has 2 aromatic heterocycles. The molecule has 0 fully saturated rings. The normalized spacial score (nSPS) is 10.7. The number of ether oxygens (including phenoxy) is 1. The van der Waals surface area contributed by atoms with E-state index in [1.807, 2.05) is 30.3 Å². The van der Waals surface area contributed by atoms with Crippen molar-refractivity contribution in [3.63, 3.8) is 0 Å². The highest BCUT2D eigenvalue weighted by molar-refractivity contribution is 5.87. The second-order valence-corrected chi connectivity index (χ2v) is 3.84. The minimum absolute atomic E-state index is 0.0302. The molecule has 0 unspecified atom stereocenters. The first-order chi connectivity index (χ1) is 8.79. The zero-order chi connectivity index (χ0) is 12.5. The van der Waals surface area contributed by atoms with Crippen LogP contribution in [0.25, 0.3) is 22.3 Å². The van der Waals surface area contributed by atoms with Crippen molar-refractivity contribution in [1.29, 1.82) is 0 Å². The lowest BCUT2D eigenvalue weighted by atomic mass is 10.1. The smallest absolute Gasteiger partial charge is 0.223 e. The molecule has 2 N–H and O–H groups in total. The summed E-state index contributed by atoms with van der Waals surface area (Å²) in [7, 11) is 1.62. The van der Waals surface area contributed by atoms with E-state index >= 15 is 0 Å². The Labute approximate surface area is 103 Å². The average molecular weight is 241 g/mol. The standard InChI is InChI=1S/C13H11N3O2/c1-18-11-5-3-2-4-8(11)10-6-9-12(16-10)14-7-15-13(9)17/h2-7H,1H3,(H2,14,15,16,17). The summed E-state index contributed by atoms with van der Waals surface area (Å²) in [5, 5.41) is 10.3. The van der Waals surface area contributed by atoms with Crippen LogP contribution in [0.15, 0.2) is 36.7 Å². The Kier molecular flexibility index (Phi) is 2.37. The third-order valence-corrected chi connectivity index (χ3v) is 2.80. The van der Waals surface area contributed by atoms with E-state index in [1.54, 1.807) is 7.11 Å². The number of H-pyrrole nitrogens is 1. The predicted molar refractivity (Wildman–Crippen MR) is 67.5 cm³/mol. The highest BCUT2D eigenvalue weighted by atomic mass is 16.5. The van der Waals surface area contributed by atoms with Crippen molar-refractivity contribution in [2.24, 2.45) is 0 Å². The maximum atomic E-state index is 9.66. The molecule has 0 bridgehead atoms. The summed E-state index contributed by atoms with van der Waals surface area (Å²) in [5.74, 6) is 0.730. The molecule has 0 saturated heterocycles. The molecule has 0 saturated carbocycles. The van der Waals surface area contributed by atoms with Gasteiger partial charge in [-0.1, -0.05) is 12.1 Å². The zero-order valence-electron chi connectivity index (χ0n) is 9.71. The van der Waals surface area contributed by atoms with E-state index in [0.29, 0.717) is 11.0 Å². The molecule has 0 amide bonds. The van der Waals surface area contributed by atoms with E-state index in [9.17, 15) is 5.11 Å². The van der Waals surface area contributed by atoms with Crippen molar-refractivity contribution in [2.45, 2.75) is 0 Å². The molecule has 0 aliphatic rings. The fourth-order valence-corrected chi connectivity index (χ4v) is 1.94. The topological polar surface area (TPSA) is 71.0 Å². The van der Waals surface area contributed by atoms with Crippen LogP contribution >= 0.6 is 0 Å². The summed E-state index contributed by atoms with van der Waals surface area (Å²) >= 11 is 0. The van der Waals surface area contributed by atoms with Crippen LogP contribution in [0.3, 0.4) is 0 Å². The first-order valence-electron chi connectivity index (χ1n) is 5.45. The van der Waals surface area contributed by atoms with E-state index < -0.39 is 0 Å². The van der Waals surface area contributed by atoms with E-state index in [2.05, 4.69) is 15.0 Å². The van der Waals surface area contributed by atoms with Crippen LogP contribution in [0.5, 0.6) is 11.6 Å². The van der Waals surface area contributed by atoms with Crippen LogP contribution in [-0.2, 0) is 0 Å². The summed E-state index contributed by atoms with van der Waals surface area (Å²) in [6.07, 6.45) is 1.32. The minimum atomic E-state index is -0.0302. The number of hydrogen-bond donors (Lipinski definition) is 2. The second kappa shape index (κ2) is 4.03. The Morgan fingerprint density at radius 2 is 2.06 bits per heavy atom. The van der Waals surface area contributed by atoms with E-state index in [1.165, 1.54) is 6.33 Å². The Bertz CT molecular complexity index is 706. The number of aromatic nitrogens is 3. The highest BCUT2D eigenvalue weighted by Crippen LogP contribution is 2.32. The van der Waals surface area contributed by atoms with Gasteiger partial charge in [0, 0.05) is 5.56 Å². The molecule has 0 radical (unpaired) electrons. The number of benzene rings is 1. The molecular formula is C13H11N3O2. The Hall–Kier alpha value is -2.56. The summed E-state index contributed by atoms with van der Waals surface area (Å²) in [5.41, 5.74) is 2.35. The molecule has 0 aliphatic carbocycles. The Balaban J connectivity index is 2.23. The van der Waals surface area contributed by atoms with Gasteiger partial charge in [-0.05, 0) is 18.2 Å². The van der Waals surface area contributed by atoms with Gasteiger partial charge in [-0.3, -0.25) is 0 Å². The minimum Gasteiger partial charge on any atom is -0.496 e. The molecule has 5 heteroatoms. The summed E-state index contributed by atoms with van der Waals surface area (Å²) in [4.78, 5) is 11.0. The van der Waals surface area contributed by atoms with E-state index in [0.717, 1.165) is 17.0 Å². The third kappa shape index (κ3) is 1.57. The van der Waals surface area contributed by atoms with Crippen LogP contribution in [0.2, 0.25) is 0 Å². The average Bonchev–Trinajstić information content (AvgIpc) is 2.84. The van der Waals surface area contributed by atoms with Crippen LogP contribution in [0.4, 0.5) is 0 Å². The van der Waals surface area contributed by atoms with Crippen molar-refractivity contribution >= 4 is 11.0 Å². The largest absolute Gasteiger partial charge is 0.496 e. The van der Waals surface area contributed by atoms with Crippen LogP contribution in [0, 0.1) is 0 Å². The van der Waals surface area contributed by atoms with Crippen LogP contribution in [0.1, 0.15) is 0 Å². The zero-order valence-corrected chi connectivity index (χ0v) is 9.71. The molecule has 3 aromatic rings. The number of aromatic hydroxyl groups is 1. The SMILES string of the molecule is COc1ccccc1-c1cc2c(O)ncnc2[nH]1. The number of para-hydroxylation sites is 1. The fraction of sp³-hybridized carbons (Fsp3) is 0.0769. The molecule has 0 atom stereocenters. The molecule has 1 aromatic carbocycles. The number of fused-ring (bicyclic) bond motifs is 1. The van der Waals surface area contributed by atoms with Crippen molar-refractivity contribution in [3.05, 3.63) is 36.7 Å². The lowest BCUT2D eigenvalue weighted by molar-refractivity contribution is 0.416. The predicted octanol–water partition coefficient (Wildman–Crippen LogP) is 2.34. The Morgan fingerprint density at radius 1 is 1.22 bits per heavy atom. The molecule has 18 heavy (non-hydrogen) atoms. The maximum Gasteiger partial charge on any atom is 0.223 e. The van der Waals surface area contributed by atoms with Gasteiger partial charge < -0.3 is 14.8 Å². The van der Waals surface area contributed by atoms with E-state index in [-0.39, 0.29) is 5.88 Å². The van der Waals surface area contributed by atoms with Crippen molar-refractivity contribution in [1.82, 2.24) is 15.0 Å². The van der Waals surface area contributed by atoms with Crippen molar-refractivity contribution in [3.8, 4) is 22.9 Å². The van der Waals surface area contributed by atoms with E-state index in [4.69, 9.17) is 4.74 Å². The molecule has 2 heterocycles. The van der Waals surface area contributed by atoms with Gasteiger partial charge in [0.2, 0.25) is 5.88 Å². The molecule has 0 aliphatic heterocycles. The molecule has 90 valence electrons. The van der Waals surface area contributed by atoms with Crippen LogP contribution < -0.4 is 4.74 Å². The van der Waals surface area contributed by atoms with Gasteiger partial charge in [0.15, 0.2) is 0 Å². The quantitative estimate of drug-likeness (QED) is 0.722. The van der Waals surface area contributed by atoms with Gasteiger partial charge in [-0.15, -0.1) is 0 Å². The van der Waals surface area contributed by atoms with Crippen molar-refractivity contribution in [2.75, 3.05) is 7.11 Å². The van der Waals surface area contributed by atoms with Gasteiger partial charge in [-0.25, -0.2) is 9.97 Å². The van der Waals surface area contributed by atoms with Gasteiger partial charge >= 0.3 is 0 Å². The highest BCUT2D eigenvalue weighted by Gasteiger charge is 2.11. The number of methoxy groups -OCH3 is 1. The van der Waals surface area contributed by atoms with Gasteiger partial charge in [-0.2, -0.15) is 0 Å². The monoisotopic (exact) mass is 241 g/mol. The summed E-state index contributed by atoms with van der Waals surface area (Å²) in [6, 6.07) is 9.46. The number of nitrogens with one attached hydrogen (secondary N) is 1. The Morgan fingerprint density at radius 3 is 2.83 bits per heavy atom. The molecular weight excluding hydrogens is 230 g/mol. The third-order valence-electron chi connectivity index (χ3n) is 2.80. The first kappa shape index (κ1) is 10.6. The maximum absolute atomic E-state index is 9.66. The lowest BCUT2D eigenvalue weighted by Crippen LogP contribution is -1.87. The summed E-state index contributed by atoms with van der Waals surface area (Å²) in [6.45, 7) is 0. The van der Waals surface area contributed by atoms with Crippen molar-refractivity contribution < 1.29 is 9.84 Å². The molecule has 3 rings (SSSR count). The molecule has 0 spiro atoms. The fourth-order valence-electron chi connectivity index (χ4n) is 1.94. The van der Waals surface area contributed by atoms with Gasteiger partial charge in [0.05, 0.1) is 18.2 Å².